The minimum absolute atomic E-state index is 0.0383. The van der Waals surface area contributed by atoms with E-state index in [1.807, 2.05) is 13.0 Å². The molecule has 0 aliphatic rings. The van der Waals surface area contributed by atoms with Gasteiger partial charge < -0.3 is 10.7 Å². The zero-order chi connectivity index (χ0) is 22.4. The number of nitrogens with one attached hydrogen (secondary N) is 2. The smallest absolute Gasteiger partial charge is 0.232 e. The summed E-state index contributed by atoms with van der Waals surface area (Å²) in [5, 5.41) is 0.639. The number of rotatable bonds is 9. The molecule has 2 aromatic heterocycles. The van der Waals surface area contributed by atoms with E-state index in [0.717, 1.165) is 12.0 Å². The second kappa shape index (κ2) is 9.57. The Hall–Kier alpha value is -3.46. The third-order valence-electron chi connectivity index (χ3n) is 4.72. The van der Waals surface area contributed by atoms with Crippen molar-refractivity contribution in [2.45, 2.75) is 19.8 Å². The van der Waals surface area contributed by atoms with Crippen molar-refractivity contribution >= 4 is 44.3 Å². The summed E-state index contributed by atoms with van der Waals surface area (Å²) in [6.45, 7) is 1.93. The van der Waals surface area contributed by atoms with Gasteiger partial charge in [0.25, 0.3) is 0 Å². The number of unbranched alkanes of at least 4 members (excludes halogenated alkanes) is 1. The number of aromatic amines is 1. The number of aliphatic imine (C=N–C) groups is 1. The molecule has 1 aromatic carbocycles. The van der Waals surface area contributed by atoms with Crippen LogP contribution >= 0.6 is 0 Å². The van der Waals surface area contributed by atoms with Gasteiger partial charge in [0.2, 0.25) is 10.0 Å². The van der Waals surface area contributed by atoms with Crippen LogP contribution in [0.4, 0.5) is 5.69 Å². The highest BCUT2D eigenvalue weighted by atomic mass is 32.2. The van der Waals surface area contributed by atoms with Crippen LogP contribution in [-0.2, 0) is 10.0 Å². The van der Waals surface area contributed by atoms with Crippen LogP contribution in [0.25, 0.3) is 16.6 Å². The first-order valence-electron chi connectivity index (χ1n) is 9.85. The van der Waals surface area contributed by atoms with Crippen LogP contribution < -0.4 is 10.5 Å². The molecule has 0 aliphatic carbocycles. The number of allylic oxidation sites excluding steroid dienone is 1. The van der Waals surface area contributed by atoms with E-state index in [1.54, 1.807) is 43.9 Å². The zero-order valence-electron chi connectivity index (χ0n) is 17.4. The molecule has 0 unspecified atom stereocenters. The van der Waals surface area contributed by atoms with Crippen molar-refractivity contribution in [1.82, 2.24) is 9.97 Å². The van der Waals surface area contributed by atoms with Crippen molar-refractivity contribution in [1.29, 1.82) is 0 Å². The average Bonchev–Trinajstić information content (AvgIpc) is 3.18. The number of nitrogens with zero attached hydrogens (tertiary/aromatic N) is 2. The standard InChI is InChI=1S/C22H25N5O3S/c1-3-4-8-31(29,30)27-18-7-5-6-15(9-18)21(28)20-14-26-22-19(20)10-16(13-25-22)17(11-23)12-24-2/h5-7,9-14,27H,3-4,8,23H2,1-2H3,(H,25,26). The van der Waals surface area contributed by atoms with Crippen molar-refractivity contribution < 1.29 is 13.2 Å². The molecule has 31 heavy (non-hydrogen) atoms. The predicted molar refractivity (Wildman–Crippen MR) is 125 cm³/mol. The number of anilines is 1. The molecule has 4 N–H and O–H groups in total. The Bertz CT molecular complexity index is 1260. The summed E-state index contributed by atoms with van der Waals surface area (Å²) in [5.41, 5.74) is 8.81. The highest BCUT2D eigenvalue weighted by Gasteiger charge is 2.17. The third kappa shape index (κ3) is 5.18. The number of fused-ring (bicyclic) bond motifs is 1. The molecule has 0 aliphatic heterocycles. The molecule has 2 heterocycles. The van der Waals surface area contributed by atoms with E-state index in [1.165, 1.54) is 12.3 Å². The minimum atomic E-state index is -3.46. The van der Waals surface area contributed by atoms with E-state index in [-0.39, 0.29) is 11.5 Å². The van der Waals surface area contributed by atoms with E-state index >= 15 is 0 Å². The highest BCUT2D eigenvalue weighted by Crippen LogP contribution is 2.24. The highest BCUT2D eigenvalue weighted by molar-refractivity contribution is 7.92. The summed E-state index contributed by atoms with van der Waals surface area (Å²) in [7, 11) is -1.82. The molecule has 162 valence electrons. The van der Waals surface area contributed by atoms with Gasteiger partial charge in [-0.05, 0) is 24.6 Å². The molecular weight excluding hydrogens is 414 g/mol. The first kappa shape index (κ1) is 22.2. The maximum atomic E-state index is 13.2. The molecule has 0 radical (unpaired) electrons. The largest absolute Gasteiger partial charge is 0.404 e. The quantitative estimate of drug-likeness (QED) is 0.348. The van der Waals surface area contributed by atoms with Gasteiger partial charge in [-0.3, -0.25) is 14.5 Å². The number of H-pyrrole nitrogens is 1. The van der Waals surface area contributed by atoms with E-state index in [9.17, 15) is 13.2 Å². The van der Waals surface area contributed by atoms with Crippen molar-refractivity contribution in [2.75, 3.05) is 17.5 Å². The van der Waals surface area contributed by atoms with Gasteiger partial charge in [-0.2, -0.15) is 0 Å². The summed E-state index contributed by atoms with van der Waals surface area (Å²) >= 11 is 0. The number of aromatic nitrogens is 2. The maximum Gasteiger partial charge on any atom is 0.232 e. The van der Waals surface area contributed by atoms with E-state index in [2.05, 4.69) is 19.7 Å². The van der Waals surface area contributed by atoms with Crippen molar-refractivity contribution in [2.24, 2.45) is 10.7 Å². The molecule has 0 saturated heterocycles. The summed E-state index contributed by atoms with van der Waals surface area (Å²) < 4.78 is 26.9. The monoisotopic (exact) mass is 439 g/mol. The first-order chi connectivity index (χ1) is 14.9. The number of pyridine rings is 1. The van der Waals surface area contributed by atoms with Crippen LogP contribution in [0.15, 0.2) is 53.9 Å². The van der Waals surface area contributed by atoms with E-state index < -0.39 is 10.0 Å². The third-order valence-corrected chi connectivity index (χ3v) is 6.09. The molecule has 0 saturated carbocycles. The van der Waals surface area contributed by atoms with Crippen LogP contribution in [0.3, 0.4) is 0 Å². The Morgan fingerprint density at radius 1 is 1.29 bits per heavy atom. The van der Waals surface area contributed by atoms with Crippen LogP contribution in [0, 0.1) is 0 Å². The van der Waals surface area contributed by atoms with Gasteiger partial charge in [-0.25, -0.2) is 13.4 Å². The lowest BCUT2D eigenvalue weighted by Gasteiger charge is -2.09. The Balaban J connectivity index is 1.94. The summed E-state index contributed by atoms with van der Waals surface area (Å²) in [5.74, 6) is -0.210. The second-order valence-electron chi connectivity index (χ2n) is 7.02. The van der Waals surface area contributed by atoms with E-state index in [4.69, 9.17) is 5.73 Å². The summed E-state index contributed by atoms with van der Waals surface area (Å²) in [6.07, 6.45) is 7.64. The van der Waals surface area contributed by atoms with Gasteiger partial charge in [-0.15, -0.1) is 0 Å². The first-order valence-corrected chi connectivity index (χ1v) is 11.5. The lowest BCUT2D eigenvalue weighted by atomic mass is 10.0. The van der Waals surface area contributed by atoms with Gasteiger partial charge in [0.15, 0.2) is 5.78 Å². The predicted octanol–water partition coefficient (Wildman–Crippen LogP) is 3.34. The van der Waals surface area contributed by atoms with Gasteiger partial charge in [0, 0.05) is 65.2 Å². The maximum absolute atomic E-state index is 13.2. The fourth-order valence-electron chi connectivity index (χ4n) is 3.15. The van der Waals surface area contributed by atoms with Crippen LogP contribution in [-0.4, -0.2) is 43.2 Å². The van der Waals surface area contributed by atoms with Crippen molar-refractivity contribution in [3.8, 4) is 0 Å². The molecule has 3 rings (SSSR count). The van der Waals surface area contributed by atoms with Gasteiger partial charge >= 0.3 is 0 Å². The summed E-state index contributed by atoms with van der Waals surface area (Å²) in [6, 6.07) is 8.28. The normalized spacial score (nSPS) is 12.5. The van der Waals surface area contributed by atoms with Crippen LogP contribution in [0.1, 0.15) is 41.3 Å². The molecule has 9 heteroatoms. The molecule has 8 nitrogen and oxygen atoms in total. The topological polar surface area (TPSA) is 130 Å². The van der Waals surface area contributed by atoms with Crippen molar-refractivity contribution in [3.05, 3.63) is 65.6 Å². The second-order valence-corrected chi connectivity index (χ2v) is 8.86. The Morgan fingerprint density at radius 2 is 2.10 bits per heavy atom. The number of hydrogen-bond acceptors (Lipinski definition) is 6. The lowest BCUT2D eigenvalue weighted by Crippen LogP contribution is -2.16. The van der Waals surface area contributed by atoms with Gasteiger partial charge in [-0.1, -0.05) is 25.5 Å². The minimum Gasteiger partial charge on any atom is -0.404 e. The molecular formula is C22H25N5O3S. The van der Waals surface area contributed by atoms with Crippen LogP contribution in [0.2, 0.25) is 0 Å². The lowest BCUT2D eigenvalue weighted by molar-refractivity contribution is 0.104. The zero-order valence-corrected chi connectivity index (χ0v) is 18.2. The molecule has 0 amide bonds. The number of benzene rings is 1. The van der Waals surface area contributed by atoms with Gasteiger partial charge in [0.05, 0.1) is 5.75 Å². The number of sulfonamides is 1. The summed E-state index contributed by atoms with van der Waals surface area (Å²) in [4.78, 5) is 24.5. The van der Waals surface area contributed by atoms with Gasteiger partial charge in [0.1, 0.15) is 5.65 Å². The molecule has 3 aromatic rings. The molecule has 0 spiro atoms. The number of ketones is 1. The Morgan fingerprint density at radius 3 is 2.81 bits per heavy atom. The SMILES string of the molecule is CCCCS(=O)(=O)Nc1cccc(C(=O)c2c[nH]c3ncc(C(C=NC)=CN)cc23)c1. The van der Waals surface area contributed by atoms with Crippen LogP contribution in [0.5, 0.6) is 0 Å². The van der Waals surface area contributed by atoms with Crippen molar-refractivity contribution in [3.63, 3.8) is 0 Å². The fraction of sp³-hybridized carbons (Fsp3) is 0.227. The molecule has 0 bridgehead atoms. The van der Waals surface area contributed by atoms with E-state index in [0.29, 0.717) is 39.8 Å². The fourth-order valence-corrected chi connectivity index (χ4v) is 4.40. The number of hydrogen-bond donors (Lipinski definition) is 3. The Kier molecular flexibility index (Phi) is 6.86. The number of carbonyl (C=O) groups is 1. The molecule has 0 atom stereocenters. The molecule has 0 fully saturated rings. The average molecular weight is 440 g/mol. The Labute approximate surface area is 181 Å². The number of nitrogens with two attached hydrogens (primary N) is 1. The number of carbonyl (C=O) groups excluding carboxylic acids is 1.